The molecule has 160 valence electrons. The molecule has 1 aromatic carbocycles. The highest BCUT2D eigenvalue weighted by Gasteiger charge is 2.17. The summed E-state index contributed by atoms with van der Waals surface area (Å²) in [5.41, 5.74) is 3.60. The fraction of sp³-hybridized carbons (Fsp3) is 0.440. The van der Waals surface area contributed by atoms with Crippen LogP contribution >= 0.6 is 11.6 Å². The maximum absolute atomic E-state index is 12.5. The zero-order valence-electron chi connectivity index (χ0n) is 18.1. The van der Waals surface area contributed by atoms with Gasteiger partial charge < -0.3 is 9.88 Å². The molecule has 0 aliphatic carbocycles. The fourth-order valence-electron chi connectivity index (χ4n) is 3.76. The zero-order chi connectivity index (χ0) is 21.7. The third kappa shape index (κ3) is 5.63. The van der Waals surface area contributed by atoms with Crippen molar-refractivity contribution in [2.75, 3.05) is 13.1 Å². The minimum atomic E-state index is -0.311. The van der Waals surface area contributed by atoms with Crippen LogP contribution in [0.25, 0.3) is 5.57 Å². The molecule has 1 fully saturated rings. The SMILES string of the molecule is CC(C)(C)c1ccc(C(=CCN2CCCCCCC2=O)c2ccc(Cl)c(=O)[nH]2)cc1. The van der Waals surface area contributed by atoms with Gasteiger partial charge in [-0.25, -0.2) is 0 Å². The minimum absolute atomic E-state index is 0.0635. The van der Waals surface area contributed by atoms with Gasteiger partial charge in [0.1, 0.15) is 5.02 Å². The van der Waals surface area contributed by atoms with Crippen molar-refractivity contribution in [3.8, 4) is 0 Å². The number of halogens is 1. The van der Waals surface area contributed by atoms with Crippen molar-refractivity contribution in [3.05, 3.63) is 74.7 Å². The van der Waals surface area contributed by atoms with Crippen LogP contribution in [0.15, 0.2) is 47.3 Å². The molecular weight excluding hydrogens is 396 g/mol. The number of likely N-dealkylation sites (tertiary alicyclic amines) is 1. The molecule has 3 rings (SSSR count). The Morgan fingerprint density at radius 3 is 2.40 bits per heavy atom. The summed E-state index contributed by atoms with van der Waals surface area (Å²) >= 11 is 5.94. The number of aromatic nitrogens is 1. The Kier molecular flexibility index (Phi) is 7.19. The molecule has 2 heterocycles. The van der Waals surface area contributed by atoms with Crippen LogP contribution in [0.2, 0.25) is 5.02 Å². The molecule has 0 spiro atoms. The van der Waals surface area contributed by atoms with Gasteiger partial charge in [-0.1, -0.05) is 75.6 Å². The number of pyridine rings is 1. The molecule has 1 aromatic heterocycles. The fourth-order valence-corrected chi connectivity index (χ4v) is 3.87. The Bertz CT molecular complexity index is 968. The van der Waals surface area contributed by atoms with E-state index in [2.05, 4.69) is 50.0 Å². The molecule has 0 unspecified atom stereocenters. The van der Waals surface area contributed by atoms with Crippen molar-refractivity contribution in [3.63, 3.8) is 0 Å². The Labute approximate surface area is 184 Å². The first-order chi connectivity index (χ1) is 14.3. The molecule has 1 amide bonds. The number of benzene rings is 1. The maximum Gasteiger partial charge on any atom is 0.267 e. The number of rotatable bonds is 4. The van der Waals surface area contributed by atoms with Crippen molar-refractivity contribution in [2.24, 2.45) is 0 Å². The lowest BCUT2D eigenvalue weighted by molar-refractivity contribution is -0.131. The predicted molar refractivity (Wildman–Crippen MR) is 124 cm³/mol. The molecule has 4 nitrogen and oxygen atoms in total. The van der Waals surface area contributed by atoms with Crippen molar-refractivity contribution in [2.45, 2.75) is 58.3 Å². The minimum Gasteiger partial charge on any atom is -0.339 e. The molecule has 30 heavy (non-hydrogen) atoms. The number of H-pyrrole nitrogens is 1. The second kappa shape index (κ2) is 9.65. The second-order valence-corrected chi connectivity index (χ2v) is 9.41. The Morgan fingerprint density at radius 1 is 1.03 bits per heavy atom. The van der Waals surface area contributed by atoms with Gasteiger partial charge >= 0.3 is 0 Å². The summed E-state index contributed by atoms with van der Waals surface area (Å²) in [6, 6.07) is 11.8. The quantitative estimate of drug-likeness (QED) is 0.696. The molecular formula is C25H31ClN2O2. The van der Waals surface area contributed by atoms with Crippen molar-refractivity contribution in [1.29, 1.82) is 0 Å². The van der Waals surface area contributed by atoms with Gasteiger partial charge in [0, 0.05) is 30.8 Å². The Morgan fingerprint density at radius 2 is 1.73 bits per heavy atom. The van der Waals surface area contributed by atoms with Gasteiger partial charge in [-0.3, -0.25) is 9.59 Å². The van der Waals surface area contributed by atoms with Gasteiger partial charge in [-0.2, -0.15) is 0 Å². The Balaban J connectivity index is 1.96. The van der Waals surface area contributed by atoms with E-state index in [1.54, 1.807) is 6.07 Å². The third-order valence-corrected chi connectivity index (χ3v) is 5.95. The third-order valence-electron chi connectivity index (χ3n) is 5.65. The number of carbonyl (C=O) groups is 1. The average molecular weight is 427 g/mol. The van der Waals surface area contributed by atoms with E-state index in [0.29, 0.717) is 18.7 Å². The molecule has 1 aliphatic heterocycles. The molecule has 5 heteroatoms. The molecule has 0 atom stereocenters. The first kappa shape index (κ1) is 22.4. The van der Waals surface area contributed by atoms with Gasteiger partial charge in [0.25, 0.3) is 5.56 Å². The standard InChI is InChI=1S/C25H31ClN2O2/c1-25(2,3)19-11-9-18(10-12-19)20(22-14-13-21(26)24(30)27-22)15-17-28-16-7-5-4-6-8-23(28)29/h9-15H,4-8,16-17H2,1-3H3,(H,27,30). The van der Waals surface area contributed by atoms with Crippen molar-refractivity contribution >= 4 is 23.1 Å². The summed E-state index contributed by atoms with van der Waals surface area (Å²) in [4.78, 5) is 29.5. The summed E-state index contributed by atoms with van der Waals surface area (Å²) in [5.74, 6) is 0.206. The van der Waals surface area contributed by atoms with Crippen LogP contribution < -0.4 is 5.56 Å². The molecule has 0 bridgehead atoms. The van der Waals surface area contributed by atoms with Crippen LogP contribution in [0.1, 0.15) is 69.7 Å². The molecule has 1 saturated heterocycles. The molecule has 1 N–H and O–H groups in total. The van der Waals surface area contributed by atoms with Crippen LogP contribution in [0.5, 0.6) is 0 Å². The second-order valence-electron chi connectivity index (χ2n) is 9.00. The lowest BCUT2D eigenvalue weighted by atomic mass is 9.86. The van der Waals surface area contributed by atoms with E-state index in [9.17, 15) is 9.59 Å². The first-order valence-electron chi connectivity index (χ1n) is 10.7. The smallest absolute Gasteiger partial charge is 0.267 e. The van der Waals surface area contributed by atoms with E-state index in [4.69, 9.17) is 11.6 Å². The summed E-state index contributed by atoms with van der Waals surface area (Å²) in [6.07, 6.45) is 6.95. The van der Waals surface area contributed by atoms with E-state index in [-0.39, 0.29) is 21.9 Å². The number of aromatic amines is 1. The van der Waals surface area contributed by atoms with E-state index in [1.807, 2.05) is 17.0 Å². The van der Waals surface area contributed by atoms with Gasteiger partial charge in [0.15, 0.2) is 0 Å². The van der Waals surface area contributed by atoms with E-state index in [0.717, 1.165) is 36.9 Å². The summed E-state index contributed by atoms with van der Waals surface area (Å²) in [6.45, 7) is 7.86. The van der Waals surface area contributed by atoms with Crippen molar-refractivity contribution in [1.82, 2.24) is 9.88 Å². The number of amides is 1. The highest BCUT2D eigenvalue weighted by Crippen LogP contribution is 2.27. The number of hydrogen-bond donors (Lipinski definition) is 1. The zero-order valence-corrected chi connectivity index (χ0v) is 18.9. The summed E-state index contributed by atoms with van der Waals surface area (Å²) in [5, 5.41) is 0.167. The lowest BCUT2D eigenvalue weighted by Crippen LogP contribution is -2.33. The molecule has 0 saturated carbocycles. The monoisotopic (exact) mass is 426 g/mol. The van der Waals surface area contributed by atoms with Gasteiger partial charge in [-0.15, -0.1) is 0 Å². The van der Waals surface area contributed by atoms with Crippen LogP contribution in [0.3, 0.4) is 0 Å². The van der Waals surface area contributed by atoms with Gasteiger partial charge in [0.05, 0.1) is 0 Å². The normalized spacial score (nSPS) is 16.3. The number of hydrogen-bond acceptors (Lipinski definition) is 2. The summed E-state index contributed by atoms with van der Waals surface area (Å²) in [7, 11) is 0. The van der Waals surface area contributed by atoms with Gasteiger partial charge in [0.2, 0.25) is 5.91 Å². The molecule has 2 aromatic rings. The van der Waals surface area contributed by atoms with Gasteiger partial charge in [-0.05, 0) is 41.5 Å². The van der Waals surface area contributed by atoms with Crippen LogP contribution in [0.4, 0.5) is 0 Å². The largest absolute Gasteiger partial charge is 0.339 e. The number of nitrogens with one attached hydrogen (secondary N) is 1. The Hall–Kier alpha value is -2.33. The van der Waals surface area contributed by atoms with Crippen molar-refractivity contribution < 1.29 is 4.79 Å². The topological polar surface area (TPSA) is 53.2 Å². The highest BCUT2D eigenvalue weighted by molar-refractivity contribution is 6.30. The van der Waals surface area contributed by atoms with Crippen LogP contribution in [0, 0.1) is 0 Å². The molecule has 0 radical (unpaired) electrons. The number of nitrogens with zero attached hydrogens (tertiary/aromatic N) is 1. The molecule has 1 aliphatic rings. The summed E-state index contributed by atoms with van der Waals surface area (Å²) < 4.78 is 0. The van der Waals surface area contributed by atoms with Crippen LogP contribution in [-0.4, -0.2) is 28.9 Å². The maximum atomic E-state index is 12.5. The van der Waals surface area contributed by atoms with E-state index < -0.39 is 0 Å². The van der Waals surface area contributed by atoms with E-state index in [1.165, 1.54) is 12.0 Å². The van der Waals surface area contributed by atoms with Crippen LogP contribution in [-0.2, 0) is 10.2 Å². The number of carbonyl (C=O) groups excluding carboxylic acids is 1. The first-order valence-corrected chi connectivity index (χ1v) is 11.1. The van der Waals surface area contributed by atoms with E-state index >= 15 is 0 Å². The predicted octanol–water partition coefficient (Wildman–Crippen LogP) is 5.55. The lowest BCUT2D eigenvalue weighted by Gasteiger charge is -2.24. The highest BCUT2D eigenvalue weighted by atomic mass is 35.5. The average Bonchev–Trinajstić information content (AvgIpc) is 2.69.